The first-order valence-corrected chi connectivity index (χ1v) is 13.3. The number of nitrogens with two attached hydrogens (primary N) is 1. The Morgan fingerprint density at radius 1 is 1.22 bits per heavy atom. The maximum atomic E-state index is 13.1. The normalized spacial score (nSPS) is 16.6. The predicted molar refractivity (Wildman–Crippen MR) is 146 cm³/mol. The highest BCUT2D eigenvalue weighted by Crippen LogP contribution is 2.30. The van der Waals surface area contributed by atoms with Crippen molar-refractivity contribution in [3.63, 3.8) is 0 Å². The van der Waals surface area contributed by atoms with Gasteiger partial charge in [0.15, 0.2) is 0 Å². The minimum atomic E-state index is -0.502. The van der Waals surface area contributed by atoms with Gasteiger partial charge in [-0.1, -0.05) is 35.3 Å². The van der Waals surface area contributed by atoms with Crippen LogP contribution in [0.4, 0.5) is 0 Å². The molecule has 0 bridgehead atoms. The summed E-state index contributed by atoms with van der Waals surface area (Å²) >= 11 is 11.9. The lowest BCUT2D eigenvalue weighted by Crippen LogP contribution is -2.45. The molecule has 3 aromatic rings. The van der Waals surface area contributed by atoms with Crippen molar-refractivity contribution >= 4 is 46.0 Å². The molecule has 1 aliphatic rings. The van der Waals surface area contributed by atoms with Crippen molar-refractivity contribution in [1.82, 2.24) is 19.8 Å². The molecule has 0 radical (unpaired) electrons. The van der Waals surface area contributed by atoms with Crippen LogP contribution in [0, 0.1) is 0 Å². The van der Waals surface area contributed by atoms with E-state index in [4.69, 9.17) is 38.7 Å². The molecular formula is C27H33Cl2N5O3. The molecule has 1 aliphatic heterocycles. The number of ether oxygens (including phenoxy) is 1. The maximum absolute atomic E-state index is 13.1. The Kier molecular flexibility index (Phi) is 9.43. The number of carbonyl (C=O) groups excluding carboxylic acids is 2. The van der Waals surface area contributed by atoms with Crippen molar-refractivity contribution in [3.05, 3.63) is 63.9 Å². The van der Waals surface area contributed by atoms with Gasteiger partial charge in [-0.25, -0.2) is 4.98 Å². The zero-order valence-electron chi connectivity index (χ0n) is 21.0. The van der Waals surface area contributed by atoms with Crippen LogP contribution in [-0.2, 0) is 16.1 Å². The molecule has 2 amide bonds. The maximum Gasteiger partial charge on any atom is 0.251 e. The molecule has 0 spiro atoms. The molecule has 1 saturated heterocycles. The van der Waals surface area contributed by atoms with Crippen LogP contribution in [0.5, 0.6) is 0 Å². The molecule has 10 heteroatoms. The zero-order chi connectivity index (χ0) is 26.4. The number of imidazole rings is 1. The second-order valence-corrected chi connectivity index (χ2v) is 10.3. The first kappa shape index (κ1) is 27.4. The van der Waals surface area contributed by atoms with Crippen LogP contribution >= 0.6 is 23.2 Å². The number of likely N-dealkylation sites (tertiary alicyclic amines) is 1. The van der Waals surface area contributed by atoms with E-state index in [1.165, 1.54) is 6.07 Å². The largest absolute Gasteiger partial charge is 0.385 e. The number of hydrogen-bond donors (Lipinski definition) is 2. The van der Waals surface area contributed by atoms with Gasteiger partial charge < -0.3 is 25.3 Å². The lowest BCUT2D eigenvalue weighted by Gasteiger charge is -2.33. The summed E-state index contributed by atoms with van der Waals surface area (Å²) in [7, 11) is 1.71. The molecule has 0 aliphatic carbocycles. The number of rotatable bonds is 10. The number of aromatic nitrogens is 2. The number of fused-ring (bicyclic) bond motifs is 1. The predicted octanol–water partition coefficient (Wildman–Crippen LogP) is 4.23. The van der Waals surface area contributed by atoms with Crippen LogP contribution in [0.15, 0.2) is 42.5 Å². The van der Waals surface area contributed by atoms with Gasteiger partial charge in [-0.05, 0) is 49.6 Å². The number of nitrogens with zero attached hydrogens (tertiary/aromatic N) is 3. The van der Waals surface area contributed by atoms with Gasteiger partial charge in [0.05, 0.1) is 21.1 Å². The van der Waals surface area contributed by atoms with E-state index in [2.05, 4.69) is 16.0 Å². The molecule has 198 valence electrons. The Hall–Kier alpha value is -2.65. The monoisotopic (exact) mass is 545 g/mol. The van der Waals surface area contributed by atoms with Crippen LogP contribution < -0.4 is 11.1 Å². The van der Waals surface area contributed by atoms with E-state index >= 15 is 0 Å². The minimum Gasteiger partial charge on any atom is -0.385 e. The molecule has 37 heavy (non-hydrogen) atoms. The van der Waals surface area contributed by atoms with E-state index in [1.807, 2.05) is 23.1 Å². The van der Waals surface area contributed by atoms with E-state index in [0.717, 1.165) is 42.7 Å². The Labute approximate surface area is 227 Å². The molecule has 2 heterocycles. The van der Waals surface area contributed by atoms with Crippen molar-refractivity contribution in [3.8, 4) is 0 Å². The van der Waals surface area contributed by atoms with E-state index < -0.39 is 6.04 Å². The highest BCUT2D eigenvalue weighted by molar-refractivity contribution is 6.42. The second-order valence-electron chi connectivity index (χ2n) is 9.44. The van der Waals surface area contributed by atoms with Gasteiger partial charge in [0.25, 0.3) is 5.91 Å². The topological polar surface area (TPSA) is 102 Å². The van der Waals surface area contributed by atoms with Gasteiger partial charge in [0.2, 0.25) is 5.91 Å². The number of nitrogens with one attached hydrogen (secondary N) is 1. The third-order valence-corrected chi connectivity index (χ3v) is 7.44. The Balaban J connectivity index is 1.36. The molecule has 1 aromatic heterocycles. The van der Waals surface area contributed by atoms with Gasteiger partial charge in [-0.15, -0.1) is 0 Å². The van der Waals surface area contributed by atoms with Gasteiger partial charge in [0, 0.05) is 63.8 Å². The van der Waals surface area contributed by atoms with E-state index in [-0.39, 0.29) is 30.7 Å². The summed E-state index contributed by atoms with van der Waals surface area (Å²) in [5.41, 5.74) is 8.68. The van der Waals surface area contributed by atoms with Gasteiger partial charge in [0.1, 0.15) is 5.82 Å². The molecule has 0 unspecified atom stereocenters. The molecule has 2 aromatic carbocycles. The third-order valence-electron chi connectivity index (χ3n) is 6.70. The number of piperidine rings is 1. The van der Waals surface area contributed by atoms with Crippen molar-refractivity contribution < 1.29 is 14.3 Å². The van der Waals surface area contributed by atoms with Gasteiger partial charge in [-0.3, -0.25) is 9.59 Å². The number of aryl methyl sites for hydroxylation is 1. The standard InChI is InChI=1S/C27H33Cl2N5O3/c1-37-13-5-12-34-24-8-3-2-7-23(24)32-26(34)19-6-4-11-33(17-19)25(35)15-20(30)16-31-27(36)18-9-10-21(28)22(29)14-18/h2-3,7-10,14,19-20H,4-6,11-13,15-17,30H2,1H3,(H,31,36)/t19-,20+/m1/s1. The Morgan fingerprint density at radius 3 is 2.81 bits per heavy atom. The number of amides is 2. The van der Waals surface area contributed by atoms with Gasteiger partial charge in [-0.2, -0.15) is 0 Å². The number of methoxy groups -OCH3 is 1. The fraction of sp³-hybridized carbons (Fsp3) is 0.444. The first-order chi connectivity index (χ1) is 17.9. The van der Waals surface area contributed by atoms with Crippen molar-refractivity contribution in [1.29, 1.82) is 0 Å². The van der Waals surface area contributed by atoms with Crippen molar-refractivity contribution in [2.24, 2.45) is 5.73 Å². The first-order valence-electron chi connectivity index (χ1n) is 12.6. The highest BCUT2D eigenvalue weighted by Gasteiger charge is 2.29. The highest BCUT2D eigenvalue weighted by atomic mass is 35.5. The molecule has 0 saturated carbocycles. The Bertz CT molecular complexity index is 1250. The lowest BCUT2D eigenvalue weighted by molar-refractivity contribution is -0.132. The smallest absolute Gasteiger partial charge is 0.251 e. The molecule has 8 nitrogen and oxygen atoms in total. The molecule has 3 N–H and O–H groups in total. The lowest BCUT2D eigenvalue weighted by atomic mass is 9.96. The molecule has 4 rings (SSSR count). The molecular weight excluding hydrogens is 513 g/mol. The van der Waals surface area contributed by atoms with Crippen LogP contribution in [0.3, 0.4) is 0 Å². The summed E-state index contributed by atoms with van der Waals surface area (Å²) in [5.74, 6) is 0.848. The van der Waals surface area contributed by atoms with Crippen LogP contribution in [0.25, 0.3) is 11.0 Å². The summed E-state index contributed by atoms with van der Waals surface area (Å²) in [6.07, 6.45) is 2.92. The number of carbonyl (C=O) groups is 2. The fourth-order valence-corrected chi connectivity index (χ4v) is 5.11. The number of hydrogen-bond acceptors (Lipinski definition) is 5. The third kappa shape index (κ3) is 6.82. The summed E-state index contributed by atoms with van der Waals surface area (Å²) < 4.78 is 7.53. The quantitative estimate of drug-likeness (QED) is 0.371. The van der Waals surface area contributed by atoms with E-state index in [0.29, 0.717) is 35.3 Å². The number of halogens is 2. The summed E-state index contributed by atoms with van der Waals surface area (Å²) in [5, 5.41) is 3.46. The average Bonchev–Trinajstić information content (AvgIpc) is 3.27. The van der Waals surface area contributed by atoms with Crippen LogP contribution in [-0.4, -0.2) is 65.7 Å². The summed E-state index contributed by atoms with van der Waals surface area (Å²) in [4.78, 5) is 32.4. The SMILES string of the molecule is COCCCn1c([C@@H]2CCCN(C(=O)C[C@H](N)CNC(=O)c3ccc(Cl)c(Cl)c3)C2)nc2ccccc21. The van der Waals surface area contributed by atoms with Crippen LogP contribution in [0.1, 0.15) is 47.8 Å². The van der Waals surface area contributed by atoms with Crippen molar-refractivity contribution in [2.75, 3.05) is 33.4 Å². The average molecular weight is 546 g/mol. The second kappa shape index (κ2) is 12.7. The number of para-hydroxylation sites is 2. The van der Waals surface area contributed by atoms with E-state index in [1.54, 1.807) is 19.2 Å². The molecule has 2 atom stereocenters. The van der Waals surface area contributed by atoms with Gasteiger partial charge >= 0.3 is 0 Å². The fourth-order valence-electron chi connectivity index (χ4n) is 4.81. The number of benzene rings is 2. The Morgan fingerprint density at radius 2 is 2.03 bits per heavy atom. The van der Waals surface area contributed by atoms with Crippen molar-refractivity contribution in [2.45, 2.75) is 44.2 Å². The summed E-state index contributed by atoms with van der Waals surface area (Å²) in [6.45, 7) is 2.98. The molecule has 1 fully saturated rings. The summed E-state index contributed by atoms with van der Waals surface area (Å²) in [6, 6.07) is 12.3. The van der Waals surface area contributed by atoms with Crippen LogP contribution in [0.2, 0.25) is 10.0 Å². The minimum absolute atomic E-state index is 0.0111. The zero-order valence-corrected chi connectivity index (χ0v) is 22.5. The van der Waals surface area contributed by atoms with E-state index in [9.17, 15) is 9.59 Å².